The molecule has 37 heavy (non-hydrogen) atoms. The Morgan fingerprint density at radius 2 is 1.62 bits per heavy atom. The molecule has 0 radical (unpaired) electrons. The molecule has 9 nitrogen and oxygen atoms in total. The van der Waals surface area contributed by atoms with E-state index in [-0.39, 0.29) is 10.9 Å². The normalized spacial score (nSPS) is 12.6. The van der Waals surface area contributed by atoms with E-state index in [0.29, 0.717) is 53.2 Å². The maximum atomic E-state index is 13.4. The second kappa shape index (κ2) is 8.94. The van der Waals surface area contributed by atoms with Gasteiger partial charge in [0.05, 0.1) is 28.4 Å². The van der Waals surface area contributed by atoms with Gasteiger partial charge in [-0.2, -0.15) is 0 Å². The fraction of sp³-hybridized carbons (Fsp3) is 0.143. The van der Waals surface area contributed by atoms with Crippen molar-refractivity contribution in [1.29, 1.82) is 0 Å². The first-order chi connectivity index (χ1) is 18.0. The van der Waals surface area contributed by atoms with Gasteiger partial charge in [-0.05, 0) is 54.4 Å². The van der Waals surface area contributed by atoms with Gasteiger partial charge in [0, 0.05) is 18.0 Å². The first-order valence-electron chi connectivity index (χ1n) is 11.8. The van der Waals surface area contributed by atoms with Crippen LogP contribution in [0.15, 0.2) is 82.6 Å². The molecule has 1 aliphatic heterocycles. The topological polar surface area (TPSA) is 104 Å². The van der Waals surface area contributed by atoms with E-state index < -0.39 is 11.5 Å². The minimum absolute atomic E-state index is 0.231. The molecule has 0 atom stereocenters. The highest BCUT2D eigenvalue weighted by Gasteiger charge is 2.15. The third-order valence-electron chi connectivity index (χ3n) is 6.39. The summed E-state index contributed by atoms with van der Waals surface area (Å²) in [7, 11) is 0. The third kappa shape index (κ3) is 4.10. The zero-order valence-corrected chi connectivity index (χ0v) is 19.9. The van der Waals surface area contributed by atoms with Crippen LogP contribution in [0.1, 0.15) is 21.5 Å². The number of nitrogens with one attached hydrogen (secondary N) is 1. The number of hydrogen-bond donors (Lipinski definition) is 1. The van der Waals surface area contributed by atoms with Crippen LogP contribution in [-0.4, -0.2) is 33.3 Å². The summed E-state index contributed by atoms with van der Waals surface area (Å²) in [6.45, 7) is 3.13. The van der Waals surface area contributed by atoms with Crippen molar-refractivity contribution in [3.8, 4) is 11.5 Å². The van der Waals surface area contributed by atoms with Gasteiger partial charge in [0.15, 0.2) is 11.5 Å². The van der Waals surface area contributed by atoms with Gasteiger partial charge in [0.2, 0.25) is 0 Å². The Morgan fingerprint density at radius 1 is 0.892 bits per heavy atom. The van der Waals surface area contributed by atoms with Crippen LogP contribution in [0.5, 0.6) is 11.5 Å². The van der Waals surface area contributed by atoms with E-state index in [4.69, 9.17) is 9.47 Å². The fourth-order valence-corrected chi connectivity index (χ4v) is 4.46. The molecular weight excluding hydrogens is 472 g/mol. The second-order valence-corrected chi connectivity index (χ2v) is 8.83. The van der Waals surface area contributed by atoms with E-state index in [2.05, 4.69) is 10.4 Å². The van der Waals surface area contributed by atoms with Gasteiger partial charge in [-0.25, -0.2) is 9.66 Å². The van der Waals surface area contributed by atoms with E-state index in [1.165, 1.54) is 6.20 Å². The van der Waals surface area contributed by atoms with Crippen LogP contribution in [0.4, 0.5) is 0 Å². The first kappa shape index (κ1) is 22.5. The van der Waals surface area contributed by atoms with Crippen molar-refractivity contribution in [3.05, 3.63) is 110 Å². The number of fused-ring (bicyclic) bond motifs is 3. The lowest BCUT2D eigenvalue weighted by atomic mass is 10.1. The number of amides is 1. The number of benzene rings is 2. The molecule has 1 aliphatic rings. The molecule has 184 valence electrons. The minimum Gasteiger partial charge on any atom is -0.486 e. The van der Waals surface area contributed by atoms with Gasteiger partial charge in [-0.3, -0.25) is 19.8 Å². The highest BCUT2D eigenvalue weighted by molar-refractivity contribution is 6.01. The molecule has 9 heteroatoms. The molecule has 2 aromatic carbocycles. The fourth-order valence-electron chi connectivity index (χ4n) is 4.46. The third-order valence-corrected chi connectivity index (χ3v) is 6.39. The Balaban J connectivity index is 1.37. The Kier molecular flexibility index (Phi) is 5.45. The van der Waals surface area contributed by atoms with E-state index in [1.54, 1.807) is 41.1 Å². The predicted molar refractivity (Wildman–Crippen MR) is 139 cm³/mol. The van der Waals surface area contributed by atoms with Crippen molar-refractivity contribution in [2.24, 2.45) is 0 Å². The van der Waals surface area contributed by atoms with Crippen LogP contribution >= 0.6 is 0 Å². The summed E-state index contributed by atoms with van der Waals surface area (Å²) in [6, 6.07) is 17.6. The molecule has 0 aliphatic carbocycles. The predicted octanol–water partition coefficient (Wildman–Crippen LogP) is 3.22. The summed E-state index contributed by atoms with van der Waals surface area (Å²) >= 11 is 0. The lowest BCUT2D eigenvalue weighted by Gasteiger charge is -2.19. The SMILES string of the molecule is Cc1ccccc1C(=O)Nn1ccc2nc3ccn(Cc4ccc5c(c4)OCCO5)c(=O)c3cc2c1=O. The van der Waals surface area contributed by atoms with Crippen molar-refractivity contribution in [1.82, 2.24) is 14.2 Å². The summed E-state index contributed by atoms with van der Waals surface area (Å²) in [5.41, 5.74) is 4.92. The van der Waals surface area contributed by atoms with Crippen LogP contribution in [0.2, 0.25) is 0 Å². The minimum atomic E-state index is -0.476. The Labute approximate surface area is 210 Å². The summed E-state index contributed by atoms with van der Waals surface area (Å²) in [6.07, 6.45) is 3.15. The van der Waals surface area contributed by atoms with Crippen LogP contribution in [0, 0.1) is 6.92 Å². The summed E-state index contributed by atoms with van der Waals surface area (Å²) in [5, 5.41) is 0.543. The van der Waals surface area contributed by atoms with Crippen LogP contribution in [0.3, 0.4) is 0 Å². The van der Waals surface area contributed by atoms with E-state index in [0.717, 1.165) is 15.8 Å². The Morgan fingerprint density at radius 3 is 2.43 bits per heavy atom. The smallest absolute Gasteiger partial charge is 0.278 e. The average molecular weight is 495 g/mol. The van der Waals surface area contributed by atoms with Gasteiger partial charge in [-0.1, -0.05) is 24.3 Å². The number of aromatic nitrogens is 3. The largest absolute Gasteiger partial charge is 0.486 e. The number of nitrogens with zero attached hydrogens (tertiary/aromatic N) is 3. The highest BCUT2D eigenvalue weighted by atomic mass is 16.6. The number of aryl methyl sites for hydroxylation is 1. The molecule has 0 unspecified atom stereocenters. The maximum Gasteiger partial charge on any atom is 0.278 e. The molecule has 4 heterocycles. The molecule has 0 saturated heterocycles. The maximum absolute atomic E-state index is 13.4. The van der Waals surface area contributed by atoms with Crippen molar-refractivity contribution < 1.29 is 14.3 Å². The number of carbonyl (C=O) groups is 1. The molecule has 0 saturated carbocycles. The quantitative estimate of drug-likeness (QED) is 0.385. The molecule has 6 rings (SSSR count). The molecule has 1 N–H and O–H groups in total. The highest BCUT2D eigenvalue weighted by Crippen LogP contribution is 2.31. The van der Waals surface area contributed by atoms with Crippen LogP contribution in [-0.2, 0) is 6.54 Å². The average Bonchev–Trinajstić information content (AvgIpc) is 2.91. The molecule has 3 aromatic heterocycles. The lowest BCUT2D eigenvalue weighted by Crippen LogP contribution is -2.33. The van der Waals surface area contributed by atoms with E-state index in [9.17, 15) is 14.4 Å². The van der Waals surface area contributed by atoms with E-state index >= 15 is 0 Å². The zero-order chi connectivity index (χ0) is 25.5. The Bertz CT molecular complexity index is 1820. The standard InChI is InChI=1S/C28H22N4O5/c1-17-4-2-3-5-19(17)26(33)30-32-11-9-23-21(28(32)35)15-20-22(29-23)8-10-31(27(20)34)16-18-6-7-24-25(14-18)37-13-12-36-24/h2-11,14-15H,12-13,16H2,1H3,(H,30,33). The summed E-state index contributed by atoms with van der Waals surface area (Å²) in [5.74, 6) is 0.927. The van der Waals surface area contributed by atoms with Gasteiger partial charge in [0.1, 0.15) is 13.2 Å². The molecule has 0 spiro atoms. The van der Waals surface area contributed by atoms with Crippen molar-refractivity contribution in [2.45, 2.75) is 13.5 Å². The number of pyridine rings is 3. The number of carbonyl (C=O) groups excluding carboxylic acids is 1. The van der Waals surface area contributed by atoms with Crippen LogP contribution in [0.25, 0.3) is 21.8 Å². The van der Waals surface area contributed by atoms with E-state index in [1.807, 2.05) is 37.3 Å². The molecule has 0 bridgehead atoms. The van der Waals surface area contributed by atoms with Gasteiger partial charge >= 0.3 is 0 Å². The molecule has 0 fully saturated rings. The summed E-state index contributed by atoms with van der Waals surface area (Å²) in [4.78, 5) is 43.8. The lowest BCUT2D eigenvalue weighted by molar-refractivity contribution is 0.101. The molecule has 5 aromatic rings. The summed E-state index contributed by atoms with van der Waals surface area (Å²) < 4.78 is 13.9. The Hall–Kier alpha value is -4.92. The van der Waals surface area contributed by atoms with Gasteiger partial charge in [0.25, 0.3) is 17.0 Å². The molecule has 1 amide bonds. The molecular formula is C28H22N4O5. The first-order valence-corrected chi connectivity index (χ1v) is 11.8. The van der Waals surface area contributed by atoms with Crippen molar-refractivity contribution >= 4 is 27.7 Å². The van der Waals surface area contributed by atoms with Crippen molar-refractivity contribution in [3.63, 3.8) is 0 Å². The van der Waals surface area contributed by atoms with Crippen molar-refractivity contribution in [2.75, 3.05) is 18.6 Å². The van der Waals surface area contributed by atoms with Gasteiger partial charge in [-0.15, -0.1) is 0 Å². The van der Waals surface area contributed by atoms with Gasteiger partial charge < -0.3 is 14.0 Å². The zero-order valence-electron chi connectivity index (χ0n) is 19.9. The number of ether oxygens (including phenoxy) is 2. The monoisotopic (exact) mass is 494 g/mol. The number of hydrogen-bond acceptors (Lipinski definition) is 6. The second-order valence-electron chi connectivity index (χ2n) is 8.83. The van der Waals surface area contributed by atoms with Crippen LogP contribution < -0.4 is 26.0 Å². The number of rotatable bonds is 4.